The molecule has 138 valence electrons. The standard InChI is InChI=1S/C19H24N4O3/c1-11-15(7-8-20-11)21-9-12-3-2-4-13-14(12)10-23(19(13)26)16-5-6-17(24)22-18(16)25/h2-4,11,15-16,20-21H,5-10H2,1H3,(H,22,24,25)/t11-,15+,16?/m0/s1. The molecule has 2 fully saturated rings. The minimum absolute atomic E-state index is 0.118. The molecule has 4 rings (SSSR count). The molecule has 2 saturated heterocycles. The topological polar surface area (TPSA) is 90.5 Å². The maximum Gasteiger partial charge on any atom is 0.255 e. The third-order valence-corrected chi connectivity index (χ3v) is 5.76. The van der Waals surface area contributed by atoms with Gasteiger partial charge in [-0.1, -0.05) is 12.1 Å². The lowest BCUT2D eigenvalue weighted by molar-refractivity contribution is -0.136. The average Bonchev–Trinajstić information content (AvgIpc) is 3.17. The van der Waals surface area contributed by atoms with Crippen molar-refractivity contribution in [2.24, 2.45) is 0 Å². The first-order chi connectivity index (χ1) is 12.5. The molecule has 1 aromatic rings. The molecule has 3 aliphatic heterocycles. The lowest BCUT2D eigenvalue weighted by Gasteiger charge is -2.29. The molecule has 0 aliphatic carbocycles. The van der Waals surface area contributed by atoms with Crippen LogP contribution in [0.1, 0.15) is 47.7 Å². The maximum atomic E-state index is 12.8. The fourth-order valence-corrected chi connectivity index (χ4v) is 4.19. The first-order valence-corrected chi connectivity index (χ1v) is 9.27. The zero-order valence-corrected chi connectivity index (χ0v) is 14.9. The maximum absolute atomic E-state index is 12.8. The molecule has 0 bridgehead atoms. The summed E-state index contributed by atoms with van der Waals surface area (Å²) < 4.78 is 0. The number of imide groups is 1. The molecule has 1 unspecified atom stereocenters. The number of hydrogen-bond acceptors (Lipinski definition) is 5. The van der Waals surface area contributed by atoms with Gasteiger partial charge in [-0.15, -0.1) is 0 Å². The predicted molar refractivity (Wildman–Crippen MR) is 95.2 cm³/mol. The summed E-state index contributed by atoms with van der Waals surface area (Å²) in [6.45, 7) is 4.33. The normalized spacial score (nSPS) is 28.4. The number of fused-ring (bicyclic) bond motifs is 1. The van der Waals surface area contributed by atoms with Crippen LogP contribution in [-0.2, 0) is 22.7 Å². The molecule has 3 amide bonds. The summed E-state index contributed by atoms with van der Waals surface area (Å²) in [5, 5.41) is 9.36. The average molecular weight is 356 g/mol. The van der Waals surface area contributed by atoms with E-state index in [0.717, 1.165) is 24.1 Å². The Kier molecular flexibility index (Phi) is 4.50. The van der Waals surface area contributed by atoms with Gasteiger partial charge >= 0.3 is 0 Å². The van der Waals surface area contributed by atoms with Crippen LogP contribution in [0, 0.1) is 0 Å². The Morgan fingerprint density at radius 2 is 2.08 bits per heavy atom. The van der Waals surface area contributed by atoms with Crippen LogP contribution in [0.4, 0.5) is 0 Å². The Hall–Kier alpha value is -2.25. The smallest absolute Gasteiger partial charge is 0.255 e. The number of benzene rings is 1. The van der Waals surface area contributed by atoms with Crippen molar-refractivity contribution in [3.8, 4) is 0 Å². The molecule has 0 spiro atoms. The van der Waals surface area contributed by atoms with Crippen molar-refractivity contribution in [2.75, 3.05) is 6.54 Å². The van der Waals surface area contributed by atoms with Gasteiger partial charge in [-0.05, 0) is 43.5 Å². The van der Waals surface area contributed by atoms with Crippen LogP contribution >= 0.6 is 0 Å². The molecule has 3 aliphatic rings. The molecular formula is C19H24N4O3. The highest BCUT2D eigenvalue weighted by Crippen LogP contribution is 2.30. The van der Waals surface area contributed by atoms with Crippen molar-refractivity contribution in [3.05, 3.63) is 34.9 Å². The molecule has 3 atom stereocenters. The monoisotopic (exact) mass is 356 g/mol. The molecule has 7 heteroatoms. The van der Waals surface area contributed by atoms with E-state index in [-0.39, 0.29) is 24.1 Å². The number of piperidine rings is 1. The summed E-state index contributed by atoms with van der Waals surface area (Å²) in [5.74, 6) is -0.750. The van der Waals surface area contributed by atoms with E-state index in [2.05, 4.69) is 22.9 Å². The van der Waals surface area contributed by atoms with Gasteiger partial charge in [0.25, 0.3) is 5.91 Å². The van der Waals surface area contributed by atoms with E-state index in [0.29, 0.717) is 37.2 Å². The molecule has 3 heterocycles. The van der Waals surface area contributed by atoms with Crippen LogP contribution < -0.4 is 16.0 Å². The second kappa shape index (κ2) is 6.81. The lowest BCUT2D eigenvalue weighted by Crippen LogP contribution is -2.52. The van der Waals surface area contributed by atoms with Crippen LogP contribution in [0.3, 0.4) is 0 Å². The van der Waals surface area contributed by atoms with Gasteiger partial charge in [-0.2, -0.15) is 0 Å². The van der Waals surface area contributed by atoms with Gasteiger partial charge in [-0.25, -0.2) is 0 Å². The van der Waals surface area contributed by atoms with E-state index < -0.39 is 6.04 Å². The number of amides is 3. The summed E-state index contributed by atoms with van der Waals surface area (Å²) in [7, 11) is 0. The molecular weight excluding hydrogens is 332 g/mol. The van der Waals surface area contributed by atoms with E-state index >= 15 is 0 Å². The number of nitrogens with one attached hydrogen (secondary N) is 3. The highest BCUT2D eigenvalue weighted by Gasteiger charge is 2.39. The summed E-state index contributed by atoms with van der Waals surface area (Å²) >= 11 is 0. The quantitative estimate of drug-likeness (QED) is 0.675. The predicted octanol–water partition coefficient (Wildman–Crippen LogP) is 0.288. The van der Waals surface area contributed by atoms with Gasteiger partial charge in [0.1, 0.15) is 6.04 Å². The summed E-state index contributed by atoms with van der Waals surface area (Å²) in [5.41, 5.74) is 2.77. The summed E-state index contributed by atoms with van der Waals surface area (Å²) in [4.78, 5) is 38.0. The van der Waals surface area contributed by atoms with Crippen LogP contribution in [0.2, 0.25) is 0 Å². The number of carbonyl (C=O) groups excluding carboxylic acids is 3. The highest BCUT2D eigenvalue weighted by molar-refractivity contribution is 6.05. The largest absolute Gasteiger partial charge is 0.322 e. The molecule has 7 nitrogen and oxygen atoms in total. The van der Waals surface area contributed by atoms with E-state index in [1.165, 1.54) is 0 Å². The number of hydrogen-bond donors (Lipinski definition) is 3. The summed E-state index contributed by atoms with van der Waals surface area (Å²) in [6, 6.07) is 6.07. The minimum Gasteiger partial charge on any atom is -0.322 e. The van der Waals surface area contributed by atoms with Crippen molar-refractivity contribution in [1.82, 2.24) is 20.9 Å². The second-order valence-electron chi connectivity index (χ2n) is 7.36. The van der Waals surface area contributed by atoms with Crippen LogP contribution in [0.25, 0.3) is 0 Å². The Balaban J connectivity index is 1.50. The van der Waals surface area contributed by atoms with Gasteiger partial charge in [0.2, 0.25) is 11.8 Å². The number of nitrogens with zero attached hydrogens (tertiary/aromatic N) is 1. The fourth-order valence-electron chi connectivity index (χ4n) is 4.19. The van der Waals surface area contributed by atoms with E-state index in [9.17, 15) is 14.4 Å². The van der Waals surface area contributed by atoms with Crippen molar-refractivity contribution in [2.45, 2.75) is 57.4 Å². The van der Waals surface area contributed by atoms with Gasteiger partial charge < -0.3 is 15.5 Å². The molecule has 26 heavy (non-hydrogen) atoms. The van der Waals surface area contributed by atoms with Gasteiger partial charge in [0.05, 0.1) is 0 Å². The van der Waals surface area contributed by atoms with Crippen LogP contribution in [-0.4, -0.2) is 47.3 Å². The Bertz CT molecular complexity index is 763. The van der Waals surface area contributed by atoms with Crippen molar-refractivity contribution < 1.29 is 14.4 Å². The number of rotatable bonds is 4. The summed E-state index contributed by atoms with van der Waals surface area (Å²) in [6.07, 6.45) is 1.76. The van der Waals surface area contributed by atoms with Crippen LogP contribution in [0.5, 0.6) is 0 Å². The zero-order chi connectivity index (χ0) is 18.3. The lowest BCUT2D eigenvalue weighted by atomic mass is 10.0. The van der Waals surface area contributed by atoms with E-state index in [1.807, 2.05) is 18.2 Å². The third kappa shape index (κ3) is 3.01. The van der Waals surface area contributed by atoms with Gasteiger partial charge in [0.15, 0.2) is 0 Å². The van der Waals surface area contributed by atoms with E-state index in [1.54, 1.807) is 4.90 Å². The Morgan fingerprint density at radius 3 is 2.81 bits per heavy atom. The Morgan fingerprint density at radius 1 is 1.23 bits per heavy atom. The highest BCUT2D eigenvalue weighted by atomic mass is 16.2. The molecule has 0 aromatic heterocycles. The minimum atomic E-state index is -0.563. The molecule has 0 saturated carbocycles. The van der Waals surface area contributed by atoms with Gasteiger partial charge in [-0.3, -0.25) is 19.7 Å². The first kappa shape index (κ1) is 17.2. The Labute approximate surface area is 152 Å². The molecule has 1 aromatic carbocycles. The van der Waals surface area contributed by atoms with Crippen molar-refractivity contribution in [1.29, 1.82) is 0 Å². The fraction of sp³-hybridized carbons (Fsp3) is 0.526. The second-order valence-corrected chi connectivity index (χ2v) is 7.36. The van der Waals surface area contributed by atoms with Gasteiger partial charge in [0, 0.05) is 37.2 Å². The van der Waals surface area contributed by atoms with Crippen molar-refractivity contribution in [3.63, 3.8) is 0 Å². The SMILES string of the molecule is C[C@@H]1NCC[C@H]1NCc1cccc2c1CN(C1CCC(=O)NC1=O)C2=O. The van der Waals surface area contributed by atoms with E-state index in [4.69, 9.17) is 0 Å². The zero-order valence-electron chi connectivity index (χ0n) is 14.9. The molecule has 0 radical (unpaired) electrons. The molecule has 3 N–H and O–H groups in total. The number of carbonyl (C=O) groups is 3. The van der Waals surface area contributed by atoms with Crippen LogP contribution in [0.15, 0.2) is 18.2 Å². The van der Waals surface area contributed by atoms with Crippen molar-refractivity contribution >= 4 is 17.7 Å². The third-order valence-electron chi connectivity index (χ3n) is 5.76. The first-order valence-electron chi connectivity index (χ1n) is 9.27.